The Morgan fingerprint density at radius 1 is 0.894 bits per heavy atom. The Balaban J connectivity index is 1.11. The van der Waals surface area contributed by atoms with E-state index in [1.54, 1.807) is 6.08 Å². The summed E-state index contributed by atoms with van der Waals surface area (Å²) < 4.78 is 40.2. The Bertz CT molecular complexity index is 1350. The number of aromatic hydroxyl groups is 2. The highest BCUT2D eigenvalue weighted by Gasteiger charge is 2.77. The number of fused-ring (bicyclic) bond motifs is 3. The van der Waals surface area contributed by atoms with Gasteiger partial charge in [-0.3, -0.25) is 0 Å². The normalized spacial score (nSPS) is 45.7. The van der Waals surface area contributed by atoms with E-state index in [-0.39, 0.29) is 11.5 Å². The first-order valence-electron chi connectivity index (χ1n) is 15.0. The van der Waals surface area contributed by atoms with Crippen molar-refractivity contribution in [2.24, 2.45) is 11.8 Å². The van der Waals surface area contributed by atoms with Gasteiger partial charge in [-0.25, -0.2) is 4.79 Å². The minimum atomic E-state index is -1.71. The SMILES string of the molecule is C[C@@H]1O[C@@H](O[C@H]2[C@@H]3C=CO[C@@H](O[C@@H]4O[C@H](CO)[C@@H](O)[C@H](O)[C@H]4O)[C@@H]3[C@@]3(CO)O[C@@H]23)[C@H](O)[C@H](O)[C@H]1OC(=O)C=Cc1ccc(O)c(O)c1. The van der Waals surface area contributed by atoms with Crippen LogP contribution in [0.1, 0.15) is 12.5 Å². The van der Waals surface area contributed by atoms with Gasteiger partial charge in [-0.2, -0.15) is 0 Å². The standard InChI is InChI=1S/C30H38O17/c1-11-24(44-17(35)5-3-12-2-4-14(33)15(34)8-12)21(38)23(40)28(42-11)45-25-13-6-7-41-27(18(13)30(10-32)26(25)47-30)46-29-22(39)20(37)19(36)16(9-31)43-29/h2-8,11,13,16,18-29,31-34,36-40H,9-10H2,1H3/t11-,13+,16+,18+,19+,20-,21-,22+,23+,24-,25-,26-,27-,28-,29-,30+/m0/s1. The summed E-state index contributed by atoms with van der Waals surface area (Å²) in [4.78, 5) is 12.5. The molecular formula is C30H38O17. The van der Waals surface area contributed by atoms with E-state index in [4.69, 9.17) is 33.2 Å². The molecule has 4 aliphatic heterocycles. The van der Waals surface area contributed by atoms with E-state index in [1.165, 1.54) is 37.5 Å². The molecule has 5 aliphatic rings. The maximum Gasteiger partial charge on any atom is 0.331 e. The van der Waals surface area contributed by atoms with Crippen molar-refractivity contribution in [3.63, 3.8) is 0 Å². The van der Waals surface area contributed by atoms with Gasteiger partial charge in [-0.1, -0.05) is 6.07 Å². The summed E-state index contributed by atoms with van der Waals surface area (Å²) in [5.41, 5.74) is -0.847. The van der Waals surface area contributed by atoms with Crippen LogP contribution in [0.2, 0.25) is 0 Å². The van der Waals surface area contributed by atoms with Crippen LogP contribution in [-0.4, -0.2) is 151 Å². The molecular weight excluding hydrogens is 632 g/mol. The lowest BCUT2D eigenvalue weighted by Gasteiger charge is -2.44. The van der Waals surface area contributed by atoms with Crippen molar-refractivity contribution in [2.75, 3.05) is 13.2 Å². The molecule has 3 saturated heterocycles. The lowest BCUT2D eigenvalue weighted by molar-refractivity contribution is -0.347. The third kappa shape index (κ3) is 6.11. The van der Waals surface area contributed by atoms with Gasteiger partial charge in [0, 0.05) is 12.0 Å². The predicted octanol–water partition coefficient (Wildman–Crippen LogP) is -3.06. The zero-order chi connectivity index (χ0) is 33.8. The number of phenols is 2. The van der Waals surface area contributed by atoms with E-state index in [2.05, 4.69) is 0 Å². The van der Waals surface area contributed by atoms with Gasteiger partial charge in [0.05, 0.1) is 37.6 Å². The summed E-state index contributed by atoms with van der Waals surface area (Å²) in [6, 6.07) is 3.92. The Morgan fingerprint density at radius 2 is 1.62 bits per heavy atom. The largest absolute Gasteiger partial charge is 0.504 e. The molecule has 0 radical (unpaired) electrons. The van der Waals surface area contributed by atoms with Crippen molar-refractivity contribution in [2.45, 2.75) is 92.4 Å². The lowest BCUT2D eigenvalue weighted by Crippen LogP contribution is -2.60. The number of carbonyl (C=O) groups excluding carboxylic acids is 1. The first-order chi connectivity index (χ1) is 22.4. The topological polar surface area (TPSA) is 267 Å². The quantitative estimate of drug-likeness (QED) is 0.0546. The molecule has 0 bridgehead atoms. The van der Waals surface area contributed by atoms with Crippen molar-refractivity contribution in [3.8, 4) is 11.5 Å². The Hall–Kier alpha value is -2.91. The molecule has 0 unspecified atom stereocenters. The Morgan fingerprint density at radius 3 is 2.32 bits per heavy atom. The minimum absolute atomic E-state index is 0.329. The first kappa shape index (κ1) is 34.0. The molecule has 260 valence electrons. The number of hydrogen-bond donors (Lipinski definition) is 9. The number of hydrogen-bond acceptors (Lipinski definition) is 17. The van der Waals surface area contributed by atoms with E-state index in [0.29, 0.717) is 5.56 Å². The molecule has 9 N–H and O–H groups in total. The highest BCUT2D eigenvalue weighted by atomic mass is 16.8. The van der Waals surface area contributed by atoms with Crippen molar-refractivity contribution in [3.05, 3.63) is 42.2 Å². The van der Waals surface area contributed by atoms with Crippen molar-refractivity contribution in [1.82, 2.24) is 0 Å². The maximum atomic E-state index is 12.5. The number of phenolic OH excluding ortho intramolecular Hbond substituents is 2. The summed E-state index contributed by atoms with van der Waals surface area (Å²) in [6.07, 6.45) is -12.3. The third-order valence-corrected chi connectivity index (χ3v) is 9.33. The maximum absolute atomic E-state index is 12.5. The van der Waals surface area contributed by atoms with Gasteiger partial charge in [-0.05, 0) is 36.8 Å². The van der Waals surface area contributed by atoms with Crippen LogP contribution in [0.4, 0.5) is 0 Å². The second kappa shape index (κ2) is 13.2. The van der Waals surface area contributed by atoms with Gasteiger partial charge in [0.15, 0.2) is 30.2 Å². The van der Waals surface area contributed by atoms with Gasteiger partial charge in [0.25, 0.3) is 0 Å². The Kier molecular flexibility index (Phi) is 9.53. The molecule has 16 atom stereocenters. The number of epoxide rings is 1. The summed E-state index contributed by atoms with van der Waals surface area (Å²) in [5.74, 6) is -2.93. The fraction of sp³-hybridized carbons (Fsp3) is 0.633. The minimum Gasteiger partial charge on any atom is -0.504 e. The zero-order valence-electron chi connectivity index (χ0n) is 24.9. The summed E-state index contributed by atoms with van der Waals surface area (Å²) >= 11 is 0. The van der Waals surface area contributed by atoms with Crippen molar-refractivity contribution >= 4 is 12.0 Å². The van der Waals surface area contributed by atoms with E-state index < -0.39 is 117 Å². The molecule has 1 aromatic rings. The van der Waals surface area contributed by atoms with Crippen LogP contribution in [0.25, 0.3) is 6.08 Å². The second-order valence-corrected chi connectivity index (χ2v) is 12.2. The van der Waals surface area contributed by atoms with Crippen LogP contribution in [-0.2, 0) is 38.0 Å². The molecule has 0 aromatic heterocycles. The predicted molar refractivity (Wildman–Crippen MR) is 150 cm³/mol. The van der Waals surface area contributed by atoms with E-state index >= 15 is 0 Å². The van der Waals surface area contributed by atoms with E-state index in [1.807, 2.05) is 0 Å². The van der Waals surface area contributed by atoms with Gasteiger partial charge in [0.2, 0.25) is 6.29 Å². The fourth-order valence-electron chi connectivity index (χ4n) is 6.73. The smallest absolute Gasteiger partial charge is 0.331 e. The highest BCUT2D eigenvalue weighted by molar-refractivity contribution is 5.87. The van der Waals surface area contributed by atoms with E-state index in [0.717, 1.165) is 6.08 Å². The molecule has 4 fully saturated rings. The molecule has 4 heterocycles. The summed E-state index contributed by atoms with van der Waals surface area (Å²) in [5, 5.41) is 91.5. The van der Waals surface area contributed by atoms with Crippen LogP contribution < -0.4 is 0 Å². The van der Waals surface area contributed by atoms with Crippen LogP contribution in [0.3, 0.4) is 0 Å². The fourth-order valence-corrected chi connectivity index (χ4v) is 6.73. The molecule has 17 nitrogen and oxygen atoms in total. The van der Waals surface area contributed by atoms with Crippen molar-refractivity contribution in [1.29, 1.82) is 0 Å². The van der Waals surface area contributed by atoms with Gasteiger partial charge in [-0.15, -0.1) is 0 Å². The number of aliphatic hydroxyl groups excluding tert-OH is 7. The molecule has 0 spiro atoms. The molecule has 47 heavy (non-hydrogen) atoms. The van der Waals surface area contributed by atoms with Crippen LogP contribution in [0.5, 0.6) is 11.5 Å². The zero-order valence-corrected chi connectivity index (χ0v) is 24.9. The van der Waals surface area contributed by atoms with Crippen LogP contribution in [0, 0.1) is 11.8 Å². The van der Waals surface area contributed by atoms with Gasteiger partial charge < -0.3 is 79.1 Å². The number of benzene rings is 1. The molecule has 1 aromatic carbocycles. The first-order valence-corrected chi connectivity index (χ1v) is 15.0. The second-order valence-electron chi connectivity index (χ2n) is 12.2. The summed E-state index contributed by atoms with van der Waals surface area (Å²) in [7, 11) is 0. The molecule has 1 saturated carbocycles. The van der Waals surface area contributed by atoms with Gasteiger partial charge >= 0.3 is 5.97 Å². The van der Waals surface area contributed by atoms with Crippen molar-refractivity contribution < 1.29 is 83.9 Å². The number of rotatable bonds is 9. The average Bonchev–Trinajstić information content (AvgIpc) is 3.73. The third-order valence-electron chi connectivity index (χ3n) is 9.33. The Labute approximate surface area is 267 Å². The van der Waals surface area contributed by atoms with Crippen LogP contribution >= 0.6 is 0 Å². The molecule has 6 rings (SSSR count). The van der Waals surface area contributed by atoms with Crippen LogP contribution in [0.15, 0.2) is 36.6 Å². The van der Waals surface area contributed by atoms with Gasteiger partial charge in [0.1, 0.15) is 48.3 Å². The molecule has 17 heteroatoms. The number of ether oxygens (including phenoxy) is 7. The monoisotopic (exact) mass is 670 g/mol. The highest BCUT2D eigenvalue weighted by Crippen LogP contribution is 2.61. The average molecular weight is 671 g/mol. The number of esters is 1. The number of carbonyl (C=O) groups is 1. The summed E-state index contributed by atoms with van der Waals surface area (Å²) in [6.45, 7) is 0.347. The van der Waals surface area contributed by atoms with E-state index in [9.17, 15) is 50.8 Å². The molecule has 0 amide bonds. The molecule has 1 aliphatic carbocycles. The lowest BCUT2D eigenvalue weighted by atomic mass is 9.85. The number of aliphatic hydroxyl groups is 7.